The van der Waals surface area contributed by atoms with Gasteiger partial charge in [0.25, 0.3) is 0 Å². The second-order valence-electron chi connectivity index (χ2n) is 6.08. The Kier molecular flexibility index (Phi) is 7.89. The smallest absolute Gasteiger partial charge is 0.193 e. The minimum absolute atomic E-state index is 0.630. The maximum absolute atomic E-state index is 5.46. The van der Waals surface area contributed by atoms with Gasteiger partial charge in [0, 0.05) is 43.7 Å². The number of rotatable bonds is 7. The summed E-state index contributed by atoms with van der Waals surface area (Å²) in [5.41, 5.74) is 1.36. The molecule has 0 radical (unpaired) electrons. The molecule has 23 heavy (non-hydrogen) atoms. The van der Waals surface area contributed by atoms with Crippen LogP contribution in [0.2, 0.25) is 0 Å². The molecule has 0 bridgehead atoms. The van der Waals surface area contributed by atoms with Crippen LogP contribution < -0.4 is 5.32 Å². The van der Waals surface area contributed by atoms with Gasteiger partial charge in [-0.05, 0) is 43.9 Å². The minimum Gasteiger partial charge on any atom is -0.381 e. The first kappa shape index (κ1) is 18.3. The Morgan fingerprint density at radius 1 is 1.48 bits per heavy atom. The average Bonchev–Trinajstić information content (AvgIpc) is 3.03. The summed E-state index contributed by atoms with van der Waals surface area (Å²) in [4.78, 5) is 7.01. The fraction of sp³-hybridized carbons (Fsp3) is 0.611. The maximum Gasteiger partial charge on any atom is 0.193 e. The molecule has 128 valence electrons. The van der Waals surface area contributed by atoms with E-state index in [-0.39, 0.29) is 0 Å². The summed E-state index contributed by atoms with van der Waals surface area (Å²) in [6.45, 7) is 6.66. The third kappa shape index (κ3) is 6.51. The Labute approximate surface area is 148 Å². The highest BCUT2D eigenvalue weighted by Gasteiger charge is 2.18. The number of ether oxygens (including phenoxy) is 1. The molecule has 1 unspecified atom stereocenters. The monoisotopic (exact) mass is 381 g/mol. The van der Waals surface area contributed by atoms with Crippen molar-refractivity contribution in [3.63, 3.8) is 0 Å². The summed E-state index contributed by atoms with van der Waals surface area (Å²) in [6.07, 6.45) is 3.28. The van der Waals surface area contributed by atoms with Gasteiger partial charge in [-0.25, -0.2) is 0 Å². The highest BCUT2D eigenvalue weighted by molar-refractivity contribution is 9.10. The summed E-state index contributed by atoms with van der Waals surface area (Å²) in [6, 6.07) is 8.50. The molecule has 4 nitrogen and oxygen atoms in total. The molecule has 1 aromatic rings. The molecule has 0 aromatic heterocycles. The fourth-order valence-electron chi connectivity index (χ4n) is 2.83. The molecule has 0 saturated carbocycles. The molecule has 1 heterocycles. The second-order valence-corrected chi connectivity index (χ2v) is 6.99. The van der Waals surface area contributed by atoms with E-state index in [1.54, 1.807) is 0 Å². The van der Waals surface area contributed by atoms with Crippen molar-refractivity contribution in [3.8, 4) is 0 Å². The van der Waals surface area contributed by atoms with E-state index >= 15 is 0 Å². The predicted molar refractivity (Wildman–Crippen MR) is 100.0 cm³/mol. The lowest BCUT2D eigenvalue weighted by Gasteiger charge is -2.24. The van der Waals surface area contributed by atoms with Gasteiger partial charge in [0.05, 0.1) is 6.61 Å². The van der Waals surface area contributed by atoms with E-state index in [1.165, 1.54) is 5.56 Å². The summed E-state index contributed by atoms with van der Waals surface area (Å²) >= 11 is 3.52. The van der Waals surface area contributed by atoms with E-state index in [2.05, 4.69) is 64.4 Å². The van der Waals surface area contributed by atoms with Crippen LogP contribution in [0.4, 0.5) is 0 Å². The van der Waals surface area contributed by atoms with Crippen LogP contribution in [-0.2, 0) is 11.2 Å². The fourth-order valence-corrected chi connectivity index (χ4v) is 3.28. The van der Waals surface area contributed by atoms with Crippen molar-refractivity contribution in [1.29, 1.82) is 0 Å². The van der Waals surface area contributed by atoms with Crippen LogP contribution in [0.5, 0.6) is 0 Å². The molecule has 2 rings (SSSR count). The molecule has 1 aliphatic rings. The van der Waals surface area contributed by atoms with E-state index in [0.29, 0.717) is 5.92 Å². The summed E-state index contributed by atoms with van der Waals surface area (Å²) in [5, 5.41) is 3.39. The first-order valence-corrected chi connectivity index (χ1v) is 9.30. The third-order valence-corrected chi connectivity index (χ3v) is 4.52. The molecule has 1 fully saturated rings. The van der Waals surface area contributed by atoms with Crippen LogP contribution >= 0.6 is 15.9 Å². The van der Waals surface area contributed by atoms with Crippen LogP contribution in [0.15, 0.2) is 33.7 Å². The summed E-state index contributed by atoms with van der Waals surface area (Å²) in [7, 11) is 2.12. The number of aliphatic imine (C=N–C) groups is 1. The number of nitrogens with one attached hydrogen (secondary N) is 1. The number of nitrogens with zero attached hydrogens (tertiary/aromatic N) is 2. The lowest BCUT2D eigenvalue weighted by molar-refractivity contribution is 0.181. The van der Waals surface area contributed by atoms with Gasteiger partial charge in [0.1, 0.15) is 0 Å². The van der Waals surface area contributed by atoms with Crippen LogP contribution in [0, 0.1) is 5.92 Å². The van der Waals surface area contributed by atoms with Crippen molar-refractivity contribution in [2.75, 3.05) is 39.9 Å². The van der Waals surface area contributed by atoms with Crippen molar-refractivity contribution in [2.45, 2.75) is 26.2 Å². The second kappa shape index (κ2) is 9.93. The number of hydrogen-bond donors (Lipinski definition) is 1. The van der Waals surface area contributed by atoms with Gasteiger partial charge in [-0.3, -0.25) is 4.99 Å². The Bertz CT molecular complexity index is 501. The van der Waals surface area contributed by atoms with Crippen molar-refractivity contribution in [3.05, 3.63) is 34.3 Å². The molecule has 0 aliphatic carbocycles. The molecule has 1 atom stereocenters. The van der Waals surface area contributed by atoms with Crippen molar-refractivity contribution < 1.29 is 4.74 Å². The first-order chi connectivity index (χ1) is 11.2. The van der Waals surface area contributed by atoms with E-state index in [4.69, 9.17) is 9.73 Å². The number of guanidine groups is 1. The Balaban J connectivity index is 1.80. The Hall–Kier alpha value is -1.07. The molecule has 1 aliphatic heterocycles. The molecule has 5 heteroatoms. The zero-order valence-electron chi connectivity index (χ0n) is 14.2. The van der Waals surface area contributed by atoms with Gasteiger partial charge in [0.15, 0.2) is 5.96 Å². The average molecular weight is 382 g/mol. The van der Waals surface area contributed by atoms with E-state index in [9.17, 15) is 0 Å². The third-order valence-electron chi connectivity index (χ3n) is 4.03. The number of halogens is 1. The van der Waals surface area contributed by atoms with E-state index in [1.807, 2.05) is 0 Å². The van der Waals surface area contributed by atoms with Crippen molar-refractivity contribution in [2.24, 2.45) is 10.9 Å². The largest absolute Gasteiger partial charge is 0.381 e. The molecular formula is C18H28BrN3O. The number of benzene rings is 1. The molecule has 1 saturated heterocycles. The quantitative estimate of drug-likeness (QED) is 0.447. The van der Waals surface area contributed by atoms with Crippen molar-refractivity contribution >= 4 is 21.9 Å². The maximum atomic E-state index is 5.46. The molecule has 1 aromatic carbocycles. The van der Waals surface area contributed by atoms with Gasteiger partial charge in [-0.1, -0.05) is 28.1 Å². The summed E-state index contributed by atoms with van der Waals surface area (Å²) < 4.78 is 6.61. The molecular weight excluding hydrogens is 354 g/mol. The van der Waals surface area contributed by atoms with E-state index < -0.39 is 0 Å². The van der Waals surface area contributed by atoms with E-state index in [0.717, 1.165) is 62.5 Å². The van der Waals surface area contributed by atoms with Crippen LogP contribution in [0.3, 0.4) is 0 Å². The van der Waals surface area contributed by atoms with Crippen LogP contribution in [0.25, 0.3) is 0 Å². The van der Waals surface area contributed by atoms with Gasteiger partial charge >= 0.3 is 0 Å². The highest BCUT2D eigenvalue weighted by atomic mass is 79.9. The topological polar surface area (TPSA) is 36.9 Å². The Morgan fingerprint density at radius 3 is 3.04 bits per heavy atom. The summed E-state index contributed by atoms with van der Waals surface area (Å²) in [5.74, 6) is 1.64. The minimum atomic E-state index is 0.630. The number of hydrogen-bond acceptors (Lipinski definition) is 2. The van der Waals surface area contributed by atoms with Gasteiger partial charge in [0.2, 0.25) is 0 Å². The zero-order valence-corrected chi connectivity index (χ0v) is 15.8. The van der Waals surface area contributed by atoms with Crippen LogP contribution in [-0.4, -0.2) is 50.8 Å². The Morgan fingerprint density at radius 2 is 2.35 bits per heavy atom. The highest BCUT2D eigenvalue weighted by Crippen LogP contribution is 2.14. The molecule has 0 spiro atoms. The molecule has 1 N–H and O–H groups in total. The molecule has 0 amide bonds. The predicted octanol–water partition coefficient (Wildman–Crippen LogP) is 3.32. The first-order valence-electron chi connectivity index (χ1n) is 8.50. The number of aryl methyl sites for hydroxylation is 1. The van der Waals surface area contributed by atoms with Gasteiger partial charge in [-0.2, -0.15) is 0 Å². The normalized spacial score (nSPS) is 18.2. The van der Waals surface area contributed by atoms with Crippen molar-refractivity contribution in [1.82, 2.24) is 10.2 Å². The lowest BCUT2D eigenvalue weighted by Crippen LogP contribution is -2.41. The SMILES string of the molecule is CCNC(=NCCCc1cccc(Br)c1)N(C)CC1CCOC1. The van der Waals surface area contributed by atoms with Crippen LogP contribution in [0.1, 0.15) is 25.3 Å². The van der Waals surface area contributed by atoms with Gasteiger partial charge < -0.3 is 15.0 Å². The zero-order chi connectivity index (χ0) is 16.5. The lowest BCUT2D eigenvalue weighted by atomic mass is 10.1. The standard InChI is InChI=1S/C18H28BrN3O/c1-3-20-18(22(2)13-16-9-11-23-14-16)21-10-5-7-15-6-4-8-17(19)12-15/h4,6,8,12,16H,3,5,7,9-11,13-14H2,1-2H3,(H,20,21). The van der Waals surface area contributed by atoms with Gasteiger partial charge in [-0.15, -0.1) is 0 Å².